The van der Waals surface area contributed by atoms with Crippen LogP contribution in [0.15, 0.2) is 53.4 Å². The third-order valence-corrected chi connectivity index (χ3v) is 5.70. The van der Waals surface area contributed by atoms with Crippen LogP contribution in [0.2, 0.25) is 0 Å². The molecule has 0 bridgehead atoms. The number of rotatable bonds is 6. The molecule has 2 aromatic rings. The molecule has 0 unspecified atom stereocenters. The molecule has 1 aliphatic heterocycles. The zero-order valence-corrected chi connectivity index (χ0v) is 16.4. The second-order valence-corrected chi connectivity index (χ2v) is 7.63. The summed E-state index contributed by atoms with van der Waals surface area (Å²) in [6.45, 7) is 3.97. The third-order valence-electron chi connectivity index (χ3n) is 4.70. The Balaban J connectivity index is 1.54. The summed E-state index contributed by atoms with van der Waals surface area (Å²) in [5, 5.41) is 0. The molecule has 1 heterocycles. The fraction of sp³-hybridized carbons (Fsp3) is 0.381. The molecule has 4 nitrogen and oxygen atoms in total. The lowest BCUT2D eigenvalue weighted by Crippen LogP contribution is -2.36. The van der Waals surface area contributed by atoms with E-state index in [0.717, 1.165) is 31.8 Å². The average molecular weight is 389 g/mol. The van der Waals surface area contributed by atoms with E-state index in [1.807, 2.05) is 17.8 Å². The summed E-state index contributed by atoms with van der Waals surface area (Å²) in [5.74, 6) is 0.490. The summed E-state index contributed by atoms with van der Waals surface area (Å²) in [5.41, 5.74) is 0.0353. The summed E-state index contributed by atoms with van der Waals surface area (Å²) >= 11 is 1.84. The number of benzene rings is 2. The number of carbonyl (C=O) groups excluding carboxylic acids is 1. The highest BCUT2D eigenvalue weighted by atomic mass is 32.2. The van der Waals surface area contributed by atoms with Crippen LogP contribution in [0.4, 0.5) is 4.39 Å². The molecule has 6 heteroatoms. The highest BCUT2D eigenvalue weighted by molar-refractivity contribution is 7.99. The zero-order valence-electron chi connectivity index (χ0n) is 15.6. The summed E-state index contributed by atoms with van der Waals surface area (Å²) in [4.78, 5) is 18.2. The monoisotopic (exact) mass is 388 g/mol. The second-order valence-electron chi connectivity index (χ2n) is 6.47. The van der Waals surface area contributed by atoms with Gasteiger partial charge < -0.3 is 14.5 Å². The lowest BCUT2D eigenvalue weighted by atomic mass is 10.1. The first kappa shape index (κ1) is 19.7. The van der Waals surface area contributed by atoms with Gasteiger partial charge in [-0.05, 0) is 37.2 Å². The van der Waals surface area contributed by atoms with Crippen LogP contribution in [0.5, 0.6) is 5.75 Å². The summed E-state index contributed by atoms with van der Waals surface area (Å²) in [6.07, 6.45) is 0.887. The van der Waals surface area contributed by atoms with Gasteiger partial charge in [-0.25, -0.2) is 4.39 Å². The van der Waals surface area contributed by atoms with Gasteiger partial charge in [-0.15, -0.1) is 11.8 Å². The number of hydrogen-bond donors (Lipinski definition) is 0. The number of ether oxygens (including phenoxy) is 1. The van der Waals surface area contributed by atoms with Gasteiger partial charge in [-0.1, -0.05) is 24.3 Å². The Hall–Kier alpha value is -2.05. The molecule has 1 amide bonds. The van der Waals surface area contributed by atoms with Crippen LogP contribution >= 0.6 is 11.8 Å². The Morgan fingerprint density at radius 3 is 2.67 bits per heavy atom. The van der Waals surface area contributed by atoms with Crippen molar-refractivity contribution < 1.29 is 13.9 Å². The van der Waals surface area contributed by atoms with E-state index in [9.17, 15) is 9.18 Å². The van der Waals surface area contributed by atoms with E-state index in [1.54, 1.807) is 17.0 Å². The number of nitrogens with zero attached hydrogens (tertiary/aromatic N) is 2. The van der Waals surface area contributed by atoms with Crippen LogP contribution in [0, 0.1) is 5.82 Å². The molecule has 0 saturated carbocycles. The van der Waals surface area contributed by atoms with E-state index in [0.29, 0.717) is 18.8 Å². The molecule has 3 rings (SSSR count). The molecule has 1 fully saturated rings. The molecular weight excluding hydrogens is 363 g/mol. The Labute approximate surface area is 164 Å². The van der Waals surface area contributed by atoms with Crippen LogP contribution < -0.4 is 4.74 Å². The van der Waals surface area contributed by atoms with Crippen molar-refractivity contribution in [3.8, 4) is 5.75 Å². The molecule has 0 aromatic heterocycles. The normalized spacial score (nSPS) is 15.4. The fourth-order valence-electron chi connectivity index (χ4n) is 3.25. The van der Waals surface area contributed by atoms with E-state index < -0.39 is 5.82 Å². The molecule has 1 saturated heterocycles. The second kappa shape index (κ2) is 9.76. The van der Waals surface area contributed by atoms with Crippen LogP contribution in [-0.4, -0.2) is 61.3 Å². The summed E-state index contributed by atoms with van der Waals surface area (Å²) in [7, 11) is 1.46. The van der Waals surface area contributed by atoms with Crippen molar-refractivity contribution in [1.82, 2.24) is 9.80 Å². The molecule has 0 N–H and O–H groups in total. The standard InChI is InChI=1S/C21H25FN2O2S/c1-26-19-10-5-9-18(22)20(19)21(25)24-12-6-11-23(13-14-24)15-16-27-17-7-3-2-4-8-17/h2-5,7-10H,6,11-16H2,1H3. The minimum atomic E-state index is -0.528. The number of halogens is 1. The minimum Gasteiger partial charge on any atom is -0.496 e. The van der Waals surface area contributed by atoms with Crippen LogP contribution in [0.1, 0.15) is 16.8 Å². The van der Waals surface area contributed by atoms with E-state index >= 15 is 0 Å². The highest BCUT2D eigenvalue weighted by Gasteiger charge is 2.25. The summed E-state index contributed by atoms with van der Waals surface area (Å²) < 4.78 is 19.4. The Morgan fingerprint density at radius 1 is 1.07 bits per heavy atom. The molecular formula is C21H25FN2O2S. The predicted octanol–water partition coefficient (Wildman–Crippen LogP) is 3.77. The lowest BCUT2D eigenvalue weighted by molar-refractivity contribution is 0.0753. The number of amides is 1. The topological polar surface area (TPSA) is 32.8 Å². The molecule has 1 aliphatic rings. The van der Waals surface area contributed by atoms with E-state index in [4.69, 9.17) is 4.74 Å². The molecule has 0 aliphatic carbocycles. The van der Waals surface area contributed by atoms with Crippen molar-refractivity contribution in [3.05, 3.63) is 59.9 Å². The van der Waals surface area contributed by atoms with Gasteiger partial charge in [0.05, 0.1) is 7.11 Å². The van der Waals surface area contributed by atoms with Crippen molar-refractivity contribution in [2.24, 2.45) is 0 Å². The maximum Gasteiger partial charge on any atom is 0.260 e. The van der Waals surface area contributed by atoms with Gasteiger partial charge >= 0.3 is 0 Å². The van der Waals surface area contributed by atoms with E-state index in [1.165, 1.54) is 18.1 Å². The zero-order chi connectivity index (χ0) is 19.1. The van der Waals surface area contributed by atoms with Crippen LogP contribution in [-0.2, 0) is 0 Å². The van der Waals surface area contributed by atoms with Gasteiger partial charge in [0, 0.05) is 36.8 Å². The number of methoxy groups -OCH3 is 1. The number of carbonyl (C=O) groups is 1. The Morgan fingerprint density at radius 2 is 1.89 bits per heavy atom. The van der Waals surface area contributed by atoms with Crippen molar-refractivity contribution in [2.45, 2.75) is 11.3 Å². The van der Waals surface area contributed by atoms with E-state index in [2.05, 4.69) is 29.2 Å². The van der Waals surface area contributed by atoms with Gasteiger partial charge in [0.2, 0.25) is 0 Å². The lowest BCUT2D eigenvalue weighted by Gasteiger charge is -2.23. The van der Waals surface area contributed by atoms with Crippen molar-refractivity contribution in [1.29, 1.82) is 0 Å². The SMILES string of the molecule is COc1cccc(F)c1C(=O)N1CCCN(CCSc2ccccc2)CC1. The number of hydrogen-bond acceptors (Lipinski definition) is 4. The molecule has 0 atom stereocenters. The Kier molecular flexibility index (Phi) is 7.12. The Bertz CT molecular complexity index is 757. The van der Waals surface area contributed by atoms with Gasteiger partial charge in [-0.2, -0.15) is 0 Å². The predicted molar refractivity (Wildman–Crippen MR) is 107 cm³/mol. The van der Waals surface area contributed by atoms with Gasteiger partial charge in [0.25, 0.3) is 5.91 Å². The quantitative estimate of drug-likeness (QED) is 0.705. The number of thioether (sulfide) groups is 1. The van der Waals surface area contributed by atoms with Crippen molar-refractivity contribution >= 4 is 17.7 Å². The van der Waals surface area contributed by atoms with Gasteiger partial charge in [0.1, 0.15) is 17.1 Å². The molecule has 27 heavy (non-hydrogen) atoms. The molecule has 2 aromatic carbocycles. The first-order valence-electron chi connectivity index (χ1n) is 9.21. The first-order valence-corrected chi connectivity index (χ1v) is 10.2. The maximum atomic E-state index is 14.2. The van der Waals surface area contributed by atoms with Crippen molar-refractivity contribution in [3.63, 3.8) is 0 Å². The third kappa shape index (κ3) is 5.23. The van der Waals surface area contributed by atoms with Gasteiger partial charge in [-0.3, -0.25) is 4.79 Å². The van der Waals surface area contributed by atoms with E-state index in [-0.39, 0.29) is 11.5 Å². The van der Waals surface area contributed by atoms with Gasteiger partial charge in [0.15, 0.2) is 0 Å². The largest absolute Gasteiger partial charge is 0.496 e. The molecule has 144 valence electrons. The first-order chi connectivity index (χ1) is 13.2. The minimum absolute atomic E-state index is 0.0353. The average Bonchev–Trinajstić information content (AvgIpc) is 2.94. The summed E-state index contributed by atoms with van der Waals surface area (Å²) in [6, 6.07) is 14.9. The molecule has 0 radical (unpaired) electrons. The maximum absolute atomic E-state index is 14.2. The van der Waals surface area contributed by atoms with Crippen LogP contribution in [0.25, 0.3) is 0 Å². The fourth-order valence-corrected chi connectivity index (χ4v) is 4.18. The highest BCUT2D eigenvalue weighted by Crippen LogP contribution is 2.23. The molecule has 0 spiro atoms. The van der Waals surface area contributed by atoms with Crippen molar-refractivity contribution in [2.75, 3.05) is 45.6 Å². The smallest absolute Gasteiger partial charge is 0.260 e. The van der Waals surface area contributed by atoms with Crippen LogP contribution in [0.3, 0.4) is 0 Å².